The van der Waals surface area contributed by atoms with Gasteiger partial charge in [-0.15, -0.1) is 12.4 Å². The average Bonchev–Trinajstić information content (AvgIpc) is 2.91. The first-order valence-corrected chi connectivity index (χ1v) is 7.22. The predicted molar refractivity (Wildman–Crippen MR) is 82.7 cm³/mol. The number of halogens is 1. The van der Waals surface area contributed by atoms with Crippen LogP contribution in [0.2, 0.25) is 0 Å². The molecule has 0 fully saturated rings. The van der Waals surface area contributed by atoms with Crippen molar-refractivity contribution in [2.24, 2.45) is 0 Å². The zero-order chi connectivity index (χ0) is 13.9. The van der Waals surface area contributed by atoms with E-state index in [0.717, 1.165) is 42.5 Å². The lowest BCUT2D eigenvalue weighted by molar-refractivity contribution is 0.0946. The summed E-state index contributed by atoms with van der Waals surface area (Å²) in [5, 5.41) is 6.17. The van der Waals surface area contributed by atoms with Gasteiger partial charge in [0, 0.05) is 37.9 Å². The van der Waals surface area contributed by atoms with Crippen molar-refractivity contribution in [2.45, 2.75) is 26.4 Å². The molecule has 2 N–H and O–H groups in total. The first-order chi connectivity index (χ1) is 9.74. The third kappa shape index (κ3) is 3.55. The van der Waals surface area contributed by atoms with E-state index in [2.05, 4.69) is 30.4 Å². The summed E-state index contributed by atoms with van der Waals surface area (Å²) in [6.45, 7) is 4.06. The van der Waals surface area contributed by atoms with E-state index in [9.17, 15) is 4.79 Å². The number of nitrogens with zero attached hydrogens (tertiary/aromatic N) is 3. The molecule has 0 atom stereocenters. The lowest BCUT2D eigenvalue weighted by Crippen LogP contribution is -2.26. The first-order valence-electron chi connectivity index (χ1n) is 6.49. The van der Waals surface area contributed by atoms with Crippen molar-refractivity contribution in [1.29, 1.82) is 0 Å². The minimum atomic E-state index is -0.188. The molecule has 1 aliphatic rings. The molecule has 112 valence electrons. The lowest BCUT2D eigenvalue weighted by Gasteiger charge is -2.16. The number of carbonyl (C=O) groups excluding carboxylic acids is 1. The van der Waals surface area contributed by atoms with Crippen LogP contribution in [0.1, 0.15) is 33.0 Å². The van der Waals surface area contributed by atoms with E-state index in [1.807, 2.05) is 6.20 Å². The van der Waals surface area contributed by atoms with Crippen LogP contribution in [0.15, 0.2) is 12.3 Å². The molecule has 8 heteroatoms. The van der Waals surface area contributed by atoms with Crippen LogP contribution in [0.3, 0.4) is 0 Å². The smallest absolute Gasteiger partial charge is 0.273 e. The molecule has 0 aromatic carbocycles. The van der Waals surface area contributed by atoms with E-state index in [-0.39, 0.29) is 18.3 Å². The van der Waals surface area contributed by atoms with Gasteiger partial charge in [-0.3, -0.25) is 9.78 Å². The molecule has 0 radical (unpaired) electrons. The maximum atomic E-state index is 11.9. The van der Waals surface area contributed by atoms with Gasteiger partial charge in [0.1, 0.15) is 0 Å². The van der Waals surface area contributed by atoms with E-state index in [1.54, 1.807) is 6.92 Å². The molecule has 1 aliphatic heterocycles. The summed E-state index contributed by atoms with van der Waals surface area (Å²) in [4.78, 5) is 16.4. The fourth-order valence-corrected chi connectivity index (χ4v) is 2.74. The largest absolute Gasteiger partial charge is 0.346 e. The van der Waals surface area contributed by atoms with Crippen LogP contribution in [0, 0.1) is 6.92 Å². The summed E-state index contributed by atoms with van der Waals surface area (Å²) in [6.07, 6.45) is 2.79. The Kier molecular flexibility index (Phi) is 5.22. The standard InChI is InChI=1S/C13H15N5OS.ClH/c1-8-12(18-20-17-8)13(19)16-6-9-4-10-7-14-3-2-11(10)15-5-9;/h4-5,14H,2-3,6-7H2,1H3,(H,16,19);1H. The monoisotopic (exact) mass is 325 g/mol. The molecule has 0 spiro atoms. The second-order valence-corrected chi connectivity index (χ2v) is 5.29. The molecule has 3 rings (SSSR count). The third-order valence-electron chi connectivity index (χ3n) is 3.29. The molecule has 0 saturated carbocycles. The predicted octanol–water partition coefficient (Wildman–Crippen LogP) is 1.24. The Labute approximate surface area is 133 Å². The van der Waals surface area contributed by atoms with Crippen LogP contribution in [0.4, 0.5) is 0 Å². The quantitative estimate of drug-likeness (QED) is 0.887. The molecule has 1 amide bonds. The maximum Gasteiger partial charge on any atom is 0.273 e. The lowest BCUT2D eigenvalue weighted by atomic mass is 10.1. The van der Waals surface area contributed by atoms with Crippen LogP contribution < -0.4 is 10.6 Å². The molecule has 3 heterocycles. The zero-order valence-electron chi connectivity index (χ0n) is 11.5. The van der Waals surface area contributed by atoms with Crippen molar-refractivity contribution in [1.82, 2.24) is 24.4 Å². The number of aryl methyl sites for hydroxylation is 1. The Morgan fingerprint density at radius 1 is 1.48 bits per heavy atom. The fourth-order valence-electron chi connectivity index (χ4n) is 2.20. The van der Waals surface area contributed by atoms with Crippen LogP contribution in [0.25, 0.3) is 0 Å². The normalized spacial score (nSPS) is 13.2. The highest BCUT2D eigenvalue weighted by Crippen LogP contribution is 2.13. The number of hydrogen-bond acceptors (Lipinski definition) is 6. The van der Waals surface area contributed by atoms with Gasteiger partial charge in [-0.05, 0) is 24.1 Å². The van der Waals surface area contributed by atoms with E-state index in [1.165, 1.54) is 5.56 Å². The van der Waals surface area contributed by atoms with Crippen LogP contribution in [-0.2, 0) is 19.5 Å². The summed E-state index contributed by atoms with van der Waals surface area (Å²) in [5.41, 5.74) is 4.44. The molecular formula is C13H16ClN5OS. The van der Waals surface area contributed by atoms with Crippen LogP contribution in [0.5, 0.6) is 0 Å². The number of hydrogen-bond donors (Lipinski definition) is 2. The summed E-state index contributed by atoms with van der Waals surface area (Å²) in [5.74, 6) is -0.188. The third-order valence-corrected chi connectivity index (χ3v) is 3.91. The van der Waals surface area contributed by atoms with E-state index < -0.39 is 0 Å². The number of pyridine rings is 1. The van der Waals surface area contributed by atoms with Crippen molar-refractivity contribution in [3.8, 4) is 0 Å². The van der Waals surface area contributed by atoms with Crippen molar-refractivity contribution >= 4 is 30.0 Å². The fraction of sp³-hybridized carbons (Fsp3) is 0.385. The van der Waals surface area contributed by atoms with Crippen molar-refractivity contribution in [3.63, 3.8) is 0 Å². The number of carbonyl (C=O) groups is 1. The summed E-state index contributed by atoms with van der Waals surface area (Å²) in [6, 6.07) is 2.10. The minimum Gasteiger partial charge on any atom is -0.346 e. The molecule has 2 aromatic heterocycles. The van der Waals surface area contributed by atoms with Crippen LogP contribution >= 0.6 is 24.1 Å². The minimum absolute atomic E-state index is 0. The molecule has 2 aromatic rings. The Morgan fingerprint density at radius 3 is 3.10 bits per heavy atom. The van der Waals surface area contributed by atoms with Gasteiger partial charge in [-0.1, -0.05) is 0 Å². The van der Waals surface area contributed by atoms with Crippen molar-refractivity contribution < 1.29 is 4.79 Å². The Morgan fingerprint density at radius 2 is 2.33 bits per heavy atom. The average molecular weight is 326 g/mol. The molecule has 0 aliphatic carbocycles. The topological polar surface area (TPSA) is 79.8 Å². The van der Waals surface area contributed by atoms with Gasteiger partial charge in [0.2, 0.25) is 0 Å². The van der Waals surface area contributed by atoms with Gasteiger partial charge >= 0.3 is 0 Å². The highest BCUT2D eigenvalue weighted by molar-refractivity contribution is 6.99. The molecule has 0 bridgehead atoms. The van der Waals surface area contributed by atoms with E-state index in [4.69, 9.17) is 0 Å². The van der Waals surface area contributed by atoms with Gasteiger partial charge in [0.05, 0.1) is 17.4 Å². The summed E-state index contributed by atoms with van der Waals surface area (Å²) in [7, 11) is 0. The highest BCUT2D eigenvalue weighted by Gasteiger charge is 2.14. The van der Waals surface area contributed by atoms with Gasteiger partial charge in [-0.25, -0.2) is 0 Å². The number of aromatic nitrogens is 3. The Balaban J connectivity index is 0.00000161. The summed E-state index contributed by atoms with van der Waals surface area (Å²) >= 11 is 1.05. The number of nitrogens with one attached hydrogen (secondary N) is 2. The van der Waals surface area contributed by atoms with Crippen LogP contribution in [-0.4, -0.2) is 26.2 Å². The summed E-state index contributed by atoms with van der Waals surface area (Å²) < 4.78 is 7.99. The number of rotatable bonds is 3. The molecule has 0 saturated heterocycles. The molecule has 6 nitrogen and oxygen atoms in total. The molecule has 21 heavy (non-hydrogen) atoms. The van der Waals surface area contributed by atoms with Gasteiger partial charge in [0.25, 0.3) is 5.91 Å². The van der Waals surface area contributed by atoms with E-state index in [0.29, 0.717) is 17.9 Å². The highest BCUT2D eigenvalue weighted by atomic mass is 35.5. The first kappa shape index (κ1) is 15.8. The number of amides is 1. The maximum absolute atomic E-state index is 11.9. The zero-order valence-corrected chi connectivity index (χ0v) is 13.2. The second kappa shape index (κ2) is 6.93. The van der Waals surface area contributed by atoms with Crippen molar-refractivity contribution in [3.05, 3.63) is 40.5 Å². The van der Waals surface area contributed by atoms with Gasteiger partial charge < -0.3 is 10.6 Å². The molecular weight excluding hydrogens is 310 g/mol. The van der Waals surface area contributed by atoms with E-state index >= 15 is 0 Å². The van der Waals surface area contributed by atoms with Gasteiger partial charge in [-0.2, -0.15) is 8.75 Å². The van der Waals surface area contributed by atoms with Crippen molar-refractivity contribution in [2.75, 3.05) is 6.54 Å². The molecule has 0 unspecified atom stereocenters. The SMILES string of the molecule is Cc1nsnc1C(=O)NCc1cnc2c(c1)CNCC2.Cl. The van der Waals surface area contributed by atoms with Gasteiger partial charge in [0.15, 0.2) is 5.69 Å². The Hall–Kier alpha value is -1.57. The Bertz CT molecular complexity index is 645. The number of fused-ring (bicyclic) bond motifs is 1. The second-order valence-electron chi connectivity index (χ2n) is 4.76.